The van der Waals surface area contributed by atoms with Crippen LogP contribution in [0, 0.1) is 13.8 Å². The van der Waals surface area contributed by atoms with Gasteiger partial charge in [-0.15, -0.1) is 0 Å². The highest BCUT2D eigenvalue weighted by molar-refractivity contribution is 6.05. The number of hydrogen-bond acceptors (Lipinski definition) is 2. The maximum absolute atomic E-state index is 12.0. The first-order valence-corrected chi connectivity index (χ1v) is 5.74. The van der Waals surface area contributed by atoms with Gasteiger partial charge in [-0.3, -0.25) is 4.79 Å². The summed E-state index contributed by atoms with van der Waals surface area (Å²) >= 11 is 0. The summed E-state index contributed by atoms with van der Waals surface area (Å²) in [6.45, 7) is 3.70. The minimum absolute atomic E-state index is 0.170. The molecule has 2 aromatic carbocycles. The number of aryl methyl sites for hydroxylation is 2. The highest BCUT2D eigenvalue weighted by Gasteiger charge is 2.08. The van der Waals surface area contributed by atoms with E-state index in [0.29, 0.717) is 11.3 Å². The van der Waals surface area contributed by atoms with Crippen molar-refractivity contribution in [2.75, 3.05) is 5.32 Å². The molecule has 0 aliphatic carbocycles. The zero-order valence-electron chi connectivity index (χ0n) is 10.4. The Morgan fingerprint density at radius 3 is 2.44 bits per heavy atom. The van der Waals surface area contributed by atoms with Crippen LogP contribution in [0.15, 0.2) is 42.5 Å². The minimum atomic E-state index is -0.170. The summed E-state index contributed by atoms with van der Waals surface area (Å²) in [7, 11) is 0. The Balaban J connectivity index is 2.22. The molecule has 1 amide bonds. The highest BCUT2D eigenvalue weighted by Crippen LogP contribution is 2.21. The van der Waals surface area contributed by atoms with Crippen LogP contribution in [0.1, 0.15) is 21.5 Å². The smallest absolute Gasteiger partial charge is 0.255 e. The average Bonchev–Trinajstić information content (AvgIpc) is 2.34. The highest BCUT2D eigenvalue weighted by atomic mass is 16.3. The molecular formula is C15H15NO2. The Morgan fingerprint density at radius 1 is 1.06 bits per heavy atom. The quantitative estimate of drug-likeness (QED) is 0.847. The number of anilines is 1. The molecular weight excluding hydrogens is 226 g/mol. The van der Waals surface area contributed by atoms with Crippen LogP contribution in [0.25, 0.3) is 0 Å². The number of aromatic hydroxyl groups is 1. The maximum atomic E-state index is 12.0. The molecule has 0 spiro atoms. The Morgan fingerprint density at radius 2 is 1.78 bits per heavy atom. The Kier molecular flexibility index (Phi) is 3.33. The third-order valence-electron chi connectivity index (χ3n) is 2.86. The van der Waals surface area contributed by atoms with Crippen LogP contribution in [-0.4, -0.2) is 11.0 Å². The summed E-state index contributed by atoms with van der Waals surface area (Å²) in [5.74, 6) is 0.00827. The molecule has 0 aliphatic rings. The van der Waals surface area contributed by atoms with E-state index in [1.54, 1.807) is 24.3 Å². The van der Waals surface area contributed by atoms with Crippen molar-refractivity contribution in [3.05, 3.63) is 59.2 Å². The molecule has 0 saturated carbocycles. The number of phenols is 1. The molecule has 2 aromatic rings. The maximum Gasteiger partial charge on any atom is 0.255 e. The van der Waals surface area contributed by atoms with Gasteiger partial charge in [-0.25, -0.2) is 0 Å². The fraction of sp³-hybridized carbons (Fsp3) is 0.133. The van der Waals surface area contributed by atoms with E-state index in [2.05, 4.69) is 5.32 Å². The normalized spacial score (nSPS) is 10.1. The monoisotopic (exact) mass is 241 g/mol. The number of hydrogen-bond donors (Lipinski definition) is 2. The predicted molar refractivity (Wildman–Crippen MR) is 72.0 cm³/mol. The molecule has 0 unspecified atom stereocenters. The fourth-order valence-electron chi connectivity index (χ4n) is 1.71. The van der Waals surface area contributed by atoms with Crippen LogP contribution in [0.2, 0.25) is 0 Å². The van der Waals surface area contributed by atoms with E-state index in [0.717, 1.165) is 11.1 Å². The lowest BCUT2D eigenvalue weighted by Gasteiger charge is -2.08. The number of benzene rings is 2. The number of nitrogens with one attached hydrogen (secondary N) is 1. The van der Waals surface area contributed by atoms with E-state index in [4.69, 9.17) is 0 Å². The topological polar surface area (TPSA) is 49.3 Å². The summed E-state index contributed by atoms with van der Waals surface area (Å²) < 4.78 is 0. The lowest BCUT2D eigenvalue weighted by molar-refractivity contribution is 0.102. The van der Waals surface area contributed by atoms with Crippen molar-refractivity contribution >= 4 is 11.6 Å². The van der Waals surface area contributed by atoms with Crippen molar-refractivity contribution < 1.29 is 9.90 Å². The molecule has 0 saturated heterocycles. The van der Waals surface area contributed by atoms with Gasteiger partial charge in [0.05, 0.1) is 0 Å². The SMILES string of the molecule is Cc1ccc(NC(=O)c2ccccc2C)cc1O. The van der Waals surface area contributed by atoms with Crippen LogP contribution in [0.3, 0.4) is 0 Å². The molecule has 18 heavy (non-hydrogen) atoms. The van der Waals surface area contributed by atoms with Gasteiger partial charge in [0.2, 0.25) is 0 Å². The first kappa shape index (κ1) is 12.2. The standard InChI is InChI=1S/C15H15NO2/c1-10-5-3-4-6-13(10)15(18)16-12-8-7-11(2)14(17)9-12/h3-9,17H,1-2H3,(H,16,18). The van der Waals surface area contributed by atoms with Gasteiger partial charge in [-0.2, -0.15) is 0 Å². The van der Waals surface area contributed by atoms with Crippen LogP contribution < -0.4 is 5.32 Å². The molecule has 0 fully saturated rings. The van der Waals surface area contributed by atoms with Crippen LogP contribution in [0.5, 0.6) is 5.75 Å². The third kappa shape index (κ3) is 2.51. The number of carbonyl (C=O) groups excluding carboxylic acids is 1. The van der Waals surface area contributed by atoms with Crippen molar-refractivity contribution in [2.24, 2.45) is 0 Å². The van der Waals surface area contributed by atoms with Gasteiger partial charge in [-0.05, 0) is 37.1 Å². The summed E-state index contributed by atoms with van der Waals surface area (Å²) in [6.07, 6.45) is 0. The summed E-state index contributed by atoms with van der Waals surface area (Å²) in [5.41, 5.74) is 2.93. The van der Waals surface area contributed by atoms with Crippen molar-refractivity contribution in [3.63, 3.8) is 0 Å². The van der Waals surface area contributed by atoms with Gasteiger partial charge in [0.1, 0.15) is 5.75 Å². The lowest BCUT2D eigenvalue weighted by atomic mass is 10.1. The zero-order valence-corrected chi connectivity index (χ0v) is 10.4. The van der Waals surface area contributed by atoms with E-state index in [9.17, 15) is 9.90 Å². The molecule has 0 heterocycles. The second-order valence-electron chi connectivity index (χ2n) is 4.27. The number of phenolic OH excluding ortho intramolecular Hbond substituents is 1. The van der Waals surface area contributed by atoms with Crippen molar-refractivity contribution in [1.29, 1.82) is 0 Å². The average molecular weight is 241 g/mol. The Bertz CT molecular complexity index is 591. The molecule has 0 bridgehead atoms. The van der Waals surface area contributed by atoms with Gasteiger partial charge >= 0.3 is 0 Å². The van der Waals surface area contributed by atoms with E-state index >= 15 is 0 Å². The van der Waals surface area contributed by atoms with Gasteiger partial charge < -0.3 is 10.4 Å². The second kappa shape index (κ2) is 4.92. The third-order valence-corrected chi connectivity index (χ3v) is 2.86. The summed E-state index contributed by atoms with van der Waals surface area (Å²) in [6, 6.07) is 12.5. The minimum Gasteiger partial charge on any atom is -0.508 e. The Hall–Kier alpha value is -2.29. The van der Waals surface area contributed by atoms with Crippen LogP contribution in [0.4, 0.5) is 5.69 Å². The number of rotatable bonds is 2. The van der Waals surface area contributed by atoms with Gasteiger partial charge in [-0.1, -0.05) is 24.3 Å². The second-order valence-corrected chi connectivity index (χ2v) is 4.27. The molecule has 0 atom stereocenters. The molecule has 2 rings (SSSR count). The van der Waals surface area contributed by atoms with Crippen molar-refractivity contribution in [3.8, 4) is 5.75 Å². The molecule has 0 aliphatic heterocycles. The molecule has 3 heteroatoms. The molecule has 3 nitrogen and oxygen atoms in total. The van der Waals surface area contributed by atoms with Gasteiger partial charge in [0.15, 0.2) is 0 Å². The summed E-state index contributed by atoms with van der Waals surface area (Å²) in [5, 5.41) is 12.4. The van der Waals surface area contributed by atoms with Crippen LogP contribution >= 0.6 is 0 Å². The van der Waals surface area contributed by atoms with Crippen LogP contribution in [-0.2, 0) is 0 Å². The van der Waals surface area contributed by atoms with E-state index < -0.39 is 0 Å². The predicted octanol–water partition coefficient (Wildman–Crippen LogP) is 3.26. The zero-order chi connectivity index (χ0) is 13.1. The summed E-state index contributed by atoms with van der Waals surface area (Å²) in [4.78, 5) is 12.0. The lowest BCUT2D eigenvalue weighted by Crippen LogP contribution is -2.13. The van der Waals surface area contributed by atoms with Crippen molar-refractivity contribution in [2.45, 2.75) is 13.8 Å². The molecule has 92 valence electrons. The molecule has 0 radical (unpaired) electrons. The number of amides is 1. The van der Waals surface area contributed by atoms with E-state index in [1.807, 2.05) is 32.0 Å². The fourth-order valence-corrected chi connectivity index (χ4v) is 1.71. The first-order chi connectivity index (χ1) is 8.58. The molecule has 0 aromatic heterocycles. The largest absolute Gasteiger partial charge is 0.508 e. The van der Waals surface area contributed by atoms with Crippen molar-refractivity contribution in [1.82, 2.24) is 0 Å². The number of carbonyl (C=O) groups is 1. The first-order valence-electron chi connectivity index (χ1n) is 5.74. The van der Waals surface area contributed by atoms with Gasteiger partial charge in [0.25, 0.3) is 5.91 Å². The Labute approximate surface area is 106 Å². The van der Waals surface area contributed by atoms with E-state index in [1.165, 1.54) is 0 Å². The van der Waals surface area contributed by atoms with Gasteiger partial charge in [0, 0.05) is 17.3 Å². The molecule has 2 N–H and O–H groups in total. The van der Waals surface area contributed by atoms with E-state index in [-0.39, 0.29) is 11.7 Å².